The second-order valence-electron chi connectivity index (χ2n) is 9.79. The highest BCUT2D eigenvalue weighted by Crippen LogP contribution is 2.44. The quantitative estimate of drug-likeness (QED) is 0.265. The molecule has 1 N–H and O–H groups in total. The summed E-state index contributed by atoms with van der Waals surface area (Å²) in [6.07, 6.45) is -1.10. The third kappa shape index (κ3) is 2.86. The van der Waals surface area contributed by atoms with Gasteiger partial charge in [0.1, 0.15) is 11.2 Å². The van der Waals surface area contributed by atoms with E-state index in [1.54, 1.807) is 0 Å². The van der Waals surface area contributed by atoms with Gasteiger partial charge >= 0.3 is 0 Å². The molecule has 1 unspecified atom stereocenters. The van der Waals surface area contributed by atoms with E-state index in [0.717, 1.165) is 54.6 Å². The molecule has 0 radical (unpaired) electrons. The van der Waals surface area contributed by atoms with Crippen molar-refractivity contribution < 1.29 is 14.3 Å². The first-order valence-electron chi connectivity index (χ1n) is 12.7. The summed E-state index contributed by atoms with van der Waals surface area (Å²) in [4.78, 5) is 15.4. The van der Waals surface area contributed by atoms with Crippen LogP contribution in [0.2, 0.25) is 0 Å². The van der Waals surface area contributed by atoms with Crippen molar-refractivity contribution in [3.8, 4) is 11.1 Å². The van der Waals surface area contributed by atoms with E-state index in [1.807, 2.05) is 97.1 Å². The number of hydrogen-bond donors (Lipinski definition) is 1. The lowest BCUT2D eigenvalue weighted by Crippen LogP contribution is -2.38. The molecular formula is C34H21NO3. The van der Waals surface area contributed by atoms with Gasteiger partial charge in [-0.1, -0.05) is 91.0 Å². The van der Waals surface area contributed by atoms with Crippen LogP contribution in [0.1, 0.15) is 22.1 Å². The molecule has 0 spiro atoms. The molecule has 180 valence electrons. The first-order valence-corrected chi connectivity index (χ1v) is 12.7. The number of aliphatic hydroxyl groups is 1. The van der Waals surface area contributed by atoms with Crippen LogP contribution in [0.4, 0.5) is 5.69 Å². The minimum Gasteiger partial charge on any atom is -0.455 e. The summed E-state index contributed by atoms with van der Waals surface area (Å²) in [5, 5.41) is 17.5. The minimum absolute atomic E-state index is 0.218. The highest BCUT2D eigenvalue weighted by molar-refractivity contribution is 6.21. The smallest absolute Gasteiger partial charge is 0.261 e. The zero-order valence-electron chi connectivity index (χ0n) is 20.3. The fourth-order valence-electron chi connectivity index (χ4n) is 5.99. The second kappa shape index (κ2) is 7.78. The van der Waals surface area contributed by atoms with E-state index in [4.69, 9.17) is 4.42 Å². The summed E-state index contributed by atoms with van der Waals surface area (Å²) in [5.41, 5.74) is 5.54. The van der Waals surface area contributed by atoms with Crippen LogP contribution in [-0.2, 0) is 0 Å². The van der Waals surface area contributed by atoms with Gasteiger partial charge in [-0.25, -0.2) is 0 Å². The molecule has 4 nitrogen and oxygen atoms in total. The Bertz CT molecular complexity index is 2090. The van der Waals surface area contributed by atoms with Crippen LogP contribution < -0.4 is 4.90 Å². The van der Waals surface area contributed by atoms with Crippen LogP contribution >= 0.6 is 0 Å². The zero-order chi connectivity index (χ0) is 25.4. The largest absolute Gasteiger partial charge is 0.455 e. The fourth-order valence-corrected chi connectivity index (χ4v) is 5.99. The van der Waals surface area contributed by atoms with Gasteiger partial charge in [-0.05, 0) is 46.0 Å². The molecule has 1 amide bonds. The molecule has 1 aromatic heterocycles. The second-order valence-corrected chi connectivity index (χ2v) is 9.79. The third-order valence-electron chi connectivity index (χ3n) is 7.75. The first kappa shape index (κ1) is 21.2. The van der Waals surface area contributed by atoms with Gasteiger partial charge in [-0.3, -0.25) is 9.69 Å². The number of nitrogens with zero attached hydrogens (tertiary/aromatic N) is 1. The van der Waals surface area contributed by atoms with Crippen molar-refractivity contribution in [3.05, 3.63) is 126 Å². The number of amides is 1. The van der Waals surface area contributed by atoms with Gasteiger partial charge in [0.15, 0.2) is 6.23 Å². The van der Waals surface area contributed by atoms with Gasteiger partial charge in [0, 0.05) is 38.5 Å². The van der Waals surface area contributed by atoms with E-state index in [2.05, 4.69) is 18.2 Å². The Balaban J connectivity index is 1.34. The maximum Gasteiger partial charge on any atom is 0.261 e. The predicted octanol–water partition coefficient (Wildman–Crippen LogP) is 8.21. The Morgan fingerprint density at radius 2 is 1.37 bits per heavy atom. The maximum absolute atomic E-state index is 13.9. The lowest BCUT2D eigenvalue weighted by molar-refractivity contribution is 0.0879. The van der Waals surface area contributed by atoms with Gasteiger partial charge in [0.25, 0.3) is 5.91 Å². The summed E-state index contributed by atoms with van der Waals surface area (Å²) in [5.74, 6) is -0.218. The number of carbonyl (C=O) groups is 1. The van der Waals surface area contributed by atoms with Gasteiger partial charge in [0.05, 0.1) is 0 Å². The summed E-state index contributed by atoms with van der Waals surface area (Å²) >= 11 is 0. The van der Waals surface area contributed by atoms with Crippen LogP contribution in [0.3, 0.4) is 0 Å². The van der Waals surface area contributed by atoms with Crippen LogP contribution in [-0.4, -0.2) is 11.0 Å². The van der Waals surface area contributed by atoms with Gasteiger partial charge in [-0.2, -0.15) is 0 Å². The van der Waals surface area contributed by atoms with E-state index >= 15 is 0 Å². The summed E-state index contributed by atoms with van der Waals surface area (Å²) in [7, 11) is 0. The minimum atomic E-state index is -1.10. The van der Waals surface area contributed by atoms with Crippen molar-refractivity contribution in [3.63, 3.8) is 0 Å². The number of carbonyl (C=O) groups excluding carboxylic acids is 1. The Morgan fingerprint density at radius 1 is 0.632 bits per heavy atom. The molecule has 0 saturated heterocycles. The number of fused-ring (bicyclic) bond motifs is 4. The fraction of sp³-hybridized carbons (Fsp3) is 0.0294. The molecule has 6 aromatic carbocycles. The molecule has 4 heteroatoms. The van der Waals surface area contributed by atoms with E-state index in [0.29, 0.717) is 16.8 Å². The normalized spacial score (nSPS) is 15.2. The number of benzene rings is 6. The van der Waals surface area contributed by atoms with Crippen molar-refractivity contribution in [2.45, 2.75) is 6.23 Å². The number of aliphatic hydroxyl groups excluding tert-OH is 1. The highest BCUT2D eigenvalue weighted by atomic mass is 16.3. The van der Waals surface area contributed by atoms with E-state index < -0.39 is 6.23 Å². The Hall–Kier alpha value is -4.93. The molecule has 8 rings (SSSR count). The van der Waals surface area contributed by atoms with Crippen LogP contribution in [0, 0.1) is 0 Å². The SMILES string of the molecule is O=C1c2ccc(-c3cccc4c3oc3ccccc34)c3cccc(c23)C(O)N1c1ccc2ccccc2c1. The molecule has 0 aliphatic carbocycles. The van der Waals surface area contributed by atoms with Crippen molar-refractivity contribution >= 4 is 55.1 Å². The lowest BCUT2D eigenvalue weighted by atomic mass is 9.88. The Kier molecular flexibility index (Phi) is 4.34. The molecule has 1 aliphatic rings. The van der Waals surface area contributed by atoms with Crippen LogP contribution in [0.25, 0.3) is 54.6 Å². The van der Waals surface area contributed by atoms with Crippen molar-refractivity contribution in [1.29, 1.82) is 0 Å². The highest BCUT2D eigenvalue weighted by Gasteiger charge is 2.34. The molecule has 38 heavy (non-hydrogen) atoms. The molecule has 0 bridgehead atoms. The molecule has 0 fully saturated rings. The molecule has 1 atom stereocenters. The summed E-state index contributed by atoms with van der Waals surface area (Å²) < 4.78 is 6.32. The van der Waals surface area contributed by atoms with Gasteiger partial charge in [0.2, 0.25) is 0 Å². The number of hydrogen-bond acceptors (Lipinski definition) is 3. The van der Waals surface area contributed by atoms with E-state index in [9.17, 15) is 9.90 Å². The van der Waals surface area contributed by atoms with Crippen molar-refractivity contribution in [1.82, 2.24) is 0 Å². The average molecular weight is 492 g/mol. The Labute approximate surface area is 218 Å². The van der Waals surface area contributed by atoms with Crippen molar-refractivity contribution in [2.24, 2.45) is 0 Å². The molecular weight excluding hydrogens is 470 g/mol. The number of para-hydroxylation sites is 2. The Morgan fingerprint density at radius 3 is 2.29 bits per heavy atom. The van der Waals surface area contributed by atoms with Crippen LogP contribution in [0.5, 0.6) is 0 Å². The maximum atomic E-state index is 13.9. The number of rotatable bonds is 2. The van der Waals surface area contributed by atoms with Crippen molar-refractivity contribution in [2.75, 3.05) is 4.90 Å². The number of anilines is 1. The molecule has 7 aromatic rings. The zero-order valence-corrected chi connectivity index (χ0v) is 20.3. The van der Waals surface area contributed by atoms with Crippen LogP contribution in [0.15, 0.2) is 120 Å². The standard InChI is InChI=1S/C34H21NO3/c36-33-28-13-5-10-25-23(26-11-6-12-27-24-9-3-4-14-30(24)38-32(26)27)17-18-29(31(25)28)34(37)35(33)22-16-15-20-7-1-2-8-21(20)19-22/h1-19,33,36H. The molecule has 0 saturated carbocycles. The topological polar surface area (TPSA) is 53.7 Å². The summed E-state index contributed by atoms with van der Waals surface area (Å²) in [6.45, 7) is 0. The summed E-state index contributed by atoms with van der Waals surface area (Å²) in [6, 6.07) is 37.8. The number of furan rings is 1. The van der Waals surface area contributed by atoms with E-state index in [-0.39, 0.29) is 5.91 Å². The third-order valence-corrected chi connectivity index (χ3v) is 7.75. The van der Waals surface area contributed by atoms with E-state index in [1.165, 1.54) is 4.90 Å². The molecule has 2 heterocycles. The average Bonchev–Trinajstić information content (AvgIpc) is 3.35. The predicted molar refractivity (Wildman–Crippen MR) is 152 cm³/mol. The monoisotopic (exact) mass is 491 g/mol. The lowest BCUT2D eigenvalue weighted by Gasteiger charge is -2.34. The van der Waals surface area contributed by atoms with Gasteiger partial charge < -0.3 is 9.52 Å². The molecule has 1 aliphatic heterocycles. The first-order chi connectivity index (χ1) is 18.7. The van der Waals surface area contributed by atoms with Gasteiger partial charge in [-0.15, -0.1) is 0 Å².